The fraction of sp³-hybridized carbons (Fsp3) is 0.250. The standard InChI is InChI=1S/C12H12F2N2O3/c1-17-9-4-6(8-5-16-19-12(8)15)3-7(11(13)14)10(9)18-2/h3-5,11H,15H2,1-2H3. The molecule has 0 aliphatic heterocycles. The molecule has 0 aliphatic carbocycles. The van der Waals surface area contributed by atoms with Crippen molar-refractivity contribution in [3.05, 3.63) is 23.9 Å². The maximum atomic E-state index is 13.0. The Balaban J connectivity index is 2.65. The topological polar surface area (TPSA) is 70.5 Å². The molecule has 0 unspecified atom stereocenters. The van der Waals surface area contributed by atoms with Crippen LogP contribution in [0.5, 0.6) is 11.5 Å². The minimum atomic E-state index is -2.70. The van der Waals surface area contributed by atoms with E-state index in [1.165, 1.54) is 32.5 Å². The lowest BCUT2D eigenvalue weighted by atomic mass is 10.0. The van der Waals surface area contributed by atoms with Crippen molar-refractivity contribution in [3.8, 4) is 22.6 Å². The van der Waals surface area contributed by atoms with Crippen LogP contribution in [0.3, 0.4) is 0 Å². The van der Waals surface area contributed by atoms with Gasteiger partial charge in [-0.2, -0.15) is 0 Å². The molecule has 0 aliphatic rings. The van der Waals surface area contributed by atoms with Gasteiger partial charge in [-0.15, -0.1) is 0 Å². The fourth-order valence-corrected chi connectivity index (χ4v) is 1.78. The fourth-order valence-electron chi connectivity index (χ4n) is 1.78. The van der Waals surface area contributed by atoms with Crippen LogP contribution in [0.4, 0.5) is 14.7 Å². The van der Waals surface area contributed by atoms with Gasteiger partial charge in [-0.3, -0.25) is 0 Å². The molecule has 0 bridgehead atoms. The van der Waals surface area contributed by atoms with Crippen LogP contribution >= 0.6 is 0 Å². The summed E-state index contributed by atoms with van der Waals surface area (Å²) in [4.78, 5) is 0. The number of benzene rings is 1. The predicted octanol–water partition coefficient (Wildman–Crippen LogP) is 2.88. The Labute approximate surface area is 107 Å². The van der Waals surface area contributed by atoms with Gasteiger partial charge in [0.15, 0.2) is 11.5 Å². The summed E-state index contributed by atoms with van der Waals surface area (Å²) in [6.07, 6.45) is -1.35. The van der Waals surface area contributed by atoms with Gasteiger partial charge in [0.25, 0.3) is 6.43 Å². The quantitative estimate of drug-likeness (QED) is 0.924. The van der Waals surface area contributed by atoms with E-state index in [0.717, 1.165) is 0 Å². The summed E-state index contributed by atoms with van der Waals surface area (Å²) >= 11 is 0. The number of ether oxygens (including phenoxy) is 2. The first-order chi connectivity index (χ1) is 9.08. The number of hydrogen-bond acceptors (Lipinski definition) is 5. The van der Waals surface area contributed by atoms with E-state index in [2.05, 4.69) is 5.16 Å². The highest BCUT2D eigenvalue weighted by Gasteiger charge is 2.21. The van der Waals surface area contributed by atoms with E-state index < -0.39 is 6.43 Å². The van der Waals surface area contributed by atoms with Crippen LogP contribution in [-0.2, 0) is 0 Å². The Morgan fingerprint density at radius 1 is 1.26 bits per heavy atom. The van der Waals surface area contributed by atoms with Crippen molar-refractivity contribution in [1.29, 1.82) is 0 Å². The second-order valence-corrected chi connectivity index (χ2v) is 3.71. The smallest absolute Gasteiger partial charge is 0.267 e. The molecule has 0 amide bonds. The van der Waals surface area contributed by atoms with Crippen LogP contribution in [0.15, 0.2) is 22.9 Å². The molecule has 5 nitrogen and oxygen atoms in total. The summed E-state index contributed by atoms with van der Waals surface area (Å²) in [5.41, 5.74) is 6.13. The molecule has 7 heteroatoms. The highest BCUT2D eigenvalue weighted by atomic mass is 19.3. The molecule has 102 valence electrons. The summed E-state index contributed by atoms with van der Waals surface area (Å²) in [6, 6.07) is 2.81. The van der Waals surface area contributed by atoms with Gasteiger partial charge in [0.1, 0.15) is 0 Å². The second kappa shape index (κ2) is 5.13. The normalized spacial score (nSPS) is 10.8. The zero-order valence-corrected chi connectivity index (χ0v) is 10.3. The van der Waals surface area contributed by atoms with Crippen molar-refractivity contribution in [2.45, 2.75) is 6.43 Å². The summed E-state index contributed by atoms with van der Waals surface area (Å²) in [6.45, 7) is 0. The SMILES string of the molecule is COc1cc(-c2cnoc2N)cc(C(F)F)c1OC. The molecular weight excluding hydrogens is 258 g/mol. The highest BCUT2D eigenvalue weighted by molar-refractivity contribution is 5.75. The van der Waals surface area contributed by atoms with Gasteiger partial charge in [0, 0.05) is 0 Å². The zero-order valence-electron chi connectivity index (χ0n) is 10.3. The van der Waals surface area contributed by atoms with Crippen molar-refractivity contribution in [2.24, 2.45) is 0 Å². The molecule has 2 rings (SSSR count). The first kappa shape index (κ1) is 13.1. The van der Waals surface area contributed by atoms with Crippen LogP contribution in [0.2, 0.25) is 0 Å². The lowest BCUT2D eigenvalue weighted by molar-refractivity contribution is 0.146. The van der Waals surface area contributed by atoms with Crippen molar-refractivity contribution in [2.75, 3.05) is 20.0 Å². The Morgan fingerprint density at radius 3 is 2.47 bits per heavy atom. The lowest BCUT2D eigenvalue weighted by Gasteiger charge is -2.14. The van der Waals surface area contributed by atoms with E-state index >= 15 is 0 Å². The molecule has 0 fully saturated rings. The maximum Gasteiger partial charge on any atom is 0.267 e. The first-order valence-electron chi connectivity index (χ1n) is 5.33. The number of hydrogen-bond donors (Lipinski definition) is 1. The molecular formula is C12H12F2N2O3. The van der Waals surface area contributed by atoms with Crippen LogP contribution < -0.4 is 15.2 Å². The van der Waals surface area contributed by atoms with Gasteiger partial charge in [0.2, 0.25) is 5.88 Å². The maximum absolute atomic E-state index is 13.0. The molecule has 19 heavy (non-hydrogen) atoms. The minimum Gasteiger partial charge on any atom is -0.493 e. The number of rotatable bonds is 4. The van der Waals surface area contributed by atoms with Crippen LogP contribution in [0.1, 0.15) is 12.0 Å². The Bertz CT molecular complexity index is 584. The number of methoxy groups -OCH3 is 2. The van der Waals surface area contributed by atoms with Crippen molar-refractivity contribution in [3.63, 3.8) is 0 Å². The van der Waals surface area contributed by atoms with E-state index in [0.29, 0.717) is 11.1 Å². The number of nitrogen functional groups attached to an aromatic ring is 1. The van der Waals surface area contributed by atoms with Gasteiger partial charge in [-0.05, 0) is 17.7 Å². The van der Waals surface area contributed by atoms with Gasteiger partial charge in [-0.25, -0.2) is 8.78 Å². The number of alkyl halides is 2. The summed E-state index contributed by atoms with van der Waals surface area (Å²) in [5, 5.41) is 3.51. The van der Waals surface area contributed by atoms with E-state index in [-0.39, 0.29) is 22.9 Å². The van der Waals surface area contributed by atoms with Crippen molar-refractivity contribution in [1.82, 2.24) is 5.16 Å². The summed E-state index contributed by atoms with van der Waals surface area (Å²) < 4.78 is 40.8. The lowest BCUT2D eigenvalue weighted by Crippen LogP contribution is -1.98. The third-order valence-corrected chi connectivity index (χ3v) is 2.65. The van der Waals surface area contributed by atoms with E-state index in [1.807, 2.05) is 0 Å². The molecule has 0 saturated carbocycles. The molecule has 1 aromatic heterocycles. The van der Waals surface area contributed by atoms with Crippen LogP contribution in [0, 0.1) is 0 Å². The average Bonchev–Trinajstić information content (AvgIpc) is 2.83. The molecule has 2 N–H and O–H groups in total. The summed E-state index contributed by atoms with van der Waals surface area (Å²) in [5.74, 6) is 0.236. The third-order valence-electron chi connectivity index (χ3n) is 2.65. The molecule has 1 heterocycles. The minimum absolute atomic E-state index is 0.00345. The van der Waals surface area contributed by atoms with E-state index in [1.54, 1.807) is 0 Å². The third kappa shape index (κ3) is 2.31. The number of nitrogens with zero attached hydrogens (tertiary/aromatic N) is 1. The Kier molecular flexibility index (Phi) is 3.55. The number of aromatic nitrogens is 1. The van der Waals surface area contributed by atoms with Gasteiger partial charge in [0.05, 0.1) is 31.5 Å². The van der Waals surface area contributed by atoms with Gasteiger partial charge < -0.3 is 19.7 Å². The Hall–Kier alpha value is -2.31. The first-order valence-corrected chi connectivity index (χ1v) is 5.33. The molecule has 0 atom stereocenters. The molecule has 1 aromatic carbocycles. The number of nitrogens with two attached hydrogens (primary N) is 1. The second-order valence-electron chi connectivity index (χ2n) is 3.71. The van der Waals surface area contributed by atoms with Gasteiger partial charge in [-0.1, -0.05) is 5.16 Å². The van der Waals surface area contributed by atoms with Gasteiger partial charge >= 0.3 is 0 Å². The van der Waals surface area contributed by atoms with E-state index in [4.69, 9.17) is 19.7 Å². The largest absolute Gasteiger partial charge is 0.493 e. The zero-order chi connectivity index (χ0) is 14.0. The average molecular weight is 270 g/mol. The molecule has 2 aromatic rings. The molecule has 0 spiro atoms. The van der Waals surface area contributed by atoms with E-state index in [9.17, 15) is 8.78 Å². The molecule has 0 saturated heterocycles. The Morgan fingerprint density at radius 2 is 2.00 bits per heavy atom. The monoisotopic (exact) mass is 270 g/mol. The van der Waals surface area contributed by atoms with Crippen LogP contribution in [-0.4, -0.2) is 19.4 Å². The van der Waals surface area contributed by atoms with Crippen LogP contribution in [0.25, 0.3) is 11.1 Å². The van der Waals surface area contributed by atoms with Crippen molar-refractivity contribution >= 4 is 5.88 Å². The number of anilines is 1. The summed E-state index contributed by atoms with van der Waals surface area (Å²) in [7, 11) is 2.67. The highest BCUT2D eigenvalue weighted by Crippen LogP contribution is 2.41. The van der Waals surface area contributed by atoms with Crippen molar-refractivity contribution < 1.29 is 22.8 Å². The molecule has 0 radical (unpaired) electrons. The predicted molar refractivity (Wildman–Crippen MR) is 64.4 cm³/mol. The number of halogens is 2.